The van der Waals surface area contributed by atoms with Crippen molar-refractivity contribution in [2.24, 2.45) is 10.8 Å². The van der Waals surface area contributed by atoms with E-state index in [4.69, 9.17) is 18.0 Å². The van der Waals surface area contributed by atoms with Crippen molar-refractivity contribution in [3.63, 3.8) is 0 Å². The molecule has 0 aromatic rings. The lowest BCUT2D eigenvalue weighted by atomic mass is 10.1. The van der Waals surface area contributed by atoms with Crippen LogP contribution in [0.1, 0.15) is 20.3 Å². The molecule has 1 atom stereocenters. The zero-order valence-corrected chi connectivity index (χ0v) is 7.35. The normalized spacial score (nSPS) is 30.5. The van der Waals surface area contributed by atoms with Crippen molar-refractivity contribution in [3.05, 3.63) is 0 Å². The summed E-state index contributed by atoms with van der Waals surface area (Å²) in [5.41, 5.74) is 5.13. The first kappa shape index (κ1) is 8.42. The van der Waals surface area contributed by atoms with Crippen LogP contribution in [0.2, 0.25) is 0 Å². The molecule has 0 saturated carbocycles. The average molecular weight is 173 g/mol. The number of hydrogen-bond donors (Lipinski definition) is 2. The molecule has 1 heterocycles. The van der Waals surface area contributed by atoms with Gasteiger partial charge < -0.3 is 10.8 Å². The molecule has 0 unspecified atom stereocenters. The molecule has 0 aliphatic carbocycles. The van der Waals surface area contributed by atoms with Crippen LogP contribution in [-0.2, 0) is 0 Å². The minimum atomic E-state index is -1.03. The third-order valence-electron chi connectivity index (χ3n) is 1.53. The summed E-state index contributed by atoms with van der Waals surface area (Å²) >= 11 is 4.69. The molecule has 0 aromatic carbocycles. The minimum Gasteiger partial charge on any atom is -0.375 e. The molecule has 11 heavy (non-hydrogen) atoms. The van der Waals surface area contributed by atoms with Gasteiger partial charge >= 0.3 is 0 Å². The van der Waals surface area contributed by atoms with Gasteiger partial charge in [-0.25, -0.2) is 5.01 Å². The number of hydrogen-bond acceptors (Lipinski definition) is 3. The van der Waals surface area contributed by atoms with Gasteiger partial charge in [-0.1, -0.05) is 0 Å². The Morgan fingerprint density at radius 1 is 1.91 bits per heavy atom. The number of rotatable bonds is 0. The van der Waals surface area contributed by atoms with E-state index in [0.29, 0.717) is 6.42 Å². The third kappa shape index (κ3) is 1.49. The molecule has 3 N–H and O–H groups in total. The van der Waals surface area contributed by atoms with Gasteiger partial charge in [-0.05, 0) is 26.1 Å². The van der Waals surface area contributed by atoms with E-state index in [0.717, 1.165) is 5.71 Å². The molecule has 5 heteroatoms. The standard InChI is InChI=1S/C6H11N3OS/c1-4-3-6(2,10)9(8-4)5(7)11/h10H,3H2,1-2H3,(H2,7,11)/t6-/m1/s1. The molecule has 0 spiro atoms. The van der Waals surface area contributed by atoms with Crippen LogP contribution in [0.4, 0.5) is 0 Å². The van der Waals surface area contributed by atoms with E-state index in [1.807, 2.05) is 6.92 Å². The highest BCUT2D eigenvalue weighted by atomic mass is 32.1. The highest BCUT2D eigenvalue weighted by molar-refractivity contribution is 7.80. The first-order chi connectivity index (χ1) is 4.93. The van der Waals surface area contributed by atoms with E-state index in [2.05, 4.69) is 5.10 Å². The summed E-state index contributed by atoms with van der Waals surface area (Å²) < 4.78 is 0. The number of aliphatic hydroxyl groups is 1. The first-order valence-electron chi connectivity index (χ1n) is 3.29. The Balaban J connectivity index is 2.86. The molecule has 0 radical (unpaired) electrons. The molecule has 0 fully saturated rings. The van der Waals surface area contributed by atoms with E-state index in [1.165, 1.54) is 5.01 Å². The number of nitrogens with two attached hydrogens (primary N) is 1. The Labute approximate surface area is 70.7 Å². The number of nitrogens with zero attached hydrogens (tertiary/aromatic N) is 2. The van der Waals surface area contributed by atoms with Gasteiger partial charge in [0.15, 0.2) is 10.8 Å². The van der Waals surface area contributed by atoms with Crippen molar-refractivity contribution >= 4 is 23.0 Å². The molecule has 1 rings (SSSR count). The second kappa shape index (κ2) is 2.42. The molecule has 0 saturated heterocycles. The largest absolute Gasteiger partial charge is 0.375 e. The van der Waals surface area contributed by atoms with Crippen molar-refractivity contribution in [3.8, 4) is 0 Å². The zero-order chi connectivity index (χ0) is 8.65. The van der Waals surface area contributed by atoms with E-state index < -0.39 is 5.72 Å². The Morgan fingerprint density at radius 2 is 2.45 bits per heavy atom. The van der Waals surface area contributed by atoms with E-state index in [9.17, 15) is 5.11 Å². The van der Waals surface area contributed by atoms with Crippen LogP contribution in [0.5, 0.6) is 0 Å². The maximum atomic E-state index is 9.64. The molecule has 4 nitrogen and oxygen atoms in total. The lowest BCUT2D eigenvalue weighted by Crippen LogP contribution is -2.45. The molecular weight excluding hydrogens is 162 g/mol. The third-order valence-corrected chi connectivity index (χ3v) is 1.70. The van der Waals surface area contributed by atoms with Gasteiger partial charge in [-0.15, -0.1) is 0 Å². The second-order valence-electron chi connectivity index (χ2n) is 2.88. The van der Waals surface area contributed by atoms with Crippen LogP contribution < -0.4 is 5.73 Å². The molecule has 1 aliphatic rings. The van der Waals surface area contributed by atoms with Crippen molar-refractivity contribution in [2.75, 3.05) is 0 Å². The Morgan fingerprint density at radius 3 is 2.64 bits per heavy atom. The van der Waals surface area contributed by atoms with Crippen LogP contribution >= 0.6 is 12.2 Å². The summed E-state index contributed by atoms with van der Waals surface area (Å²) in [5, 5.41) is 15.0. The Kier molecular flexibility index (Phi) is 1.85. The molecule has 0 amide bonds. The summed E-state index contributed by atoms with van der Waals surface area (Å²) in [6.45, 7) is 3.46. The summed E-state index contributed by atoms with van der Waals surface area (Å²) in [6, 6.07) is 0. The molecule has 1 aliphatic heterocycles. The van der Waals surface area contributed by atoms with Crippen LogP contribution in [0.3, 0.4) is 0 Å². The Bertz CT molecular complexity index is 224. The van der Waals surface area contributed by atoms with Crippen LogP contribution in [-0.4, -0.2) is 26.7 Å². The summed E-state index contributed by atoms with van der Waals surface area (Å²) in [4.78, 5) is 0. The predicted molar refractivity (Wildman–Crippen MR) is 47.0 cm³/mol. The van der Waals surface area contributed by atoms with Gasteiger partial charge in [0, 0.05) is 12.1 Å². The average Bonchev–Trinajstić information content (AvgIpc) is 2.04. The van der Waals surface area contributed by atoms with E-state index in [-0.39, 0.29) is 5.11 Å². The first-order valence-corrected chi connectivity index (χ1v) is 3.70. The maximum absolute atomic E-state index is 9.64. The smallest absolute Gasteiger partial charge is 0.189 e. The van der Waals surface area contributed by atoms with Crippen molar-refractivity contribution in [1.82, 2.24) is 5.01 Å². The topological polar surface area (TPSA) is 61.8 Å². The van der Waals surface area contributed by atoms with Crippen LogP contribution in [0.15, 0.2) is 5.10 Å². The van der Waals surface area contributed by atoms with Crippen LogP contribution in [0.25, 0.3) is 0 Å². The van der Waals surface area contributed by atoms with E-state index in [1.54, 1.807) is 6.92 Å². The fourth-order valence-corrected chi connectivity index (χ4v) is 1.40. The predicted octanol–water partition coefficient (Wildman–Crippen LogP) is 0.0201. The molecule has 0 aromatic heterocycles. The lowest BCUT2D eigenvalue weighted by Gasteiger charge is -2.26. The molecular formula is C6H11N3OS. The summed E-state index contributed by atoms with van der Waals surface area (Å²) in [5.74, 6) is 0. The maximum Gasteiger partial charge on any atom is 0.189 e. The quantitative estimate of drug-likeness (QED) is 0.507. The molecule has 0 bridgehead atoms. The zero-order valence-electron chi connectivity index (χ0n) is 6.53. The van der Waals surface area contributed by atoms with Gasteiger partial charge in [-0.2, -0.15) is 5.10 Å². The van der Waals surface area contributed by atoms with Crippen LogP contribution in [0, 0.1) is 0 Å². The summed E-state index contributed by atoms with van der Waals surface area (Å²) in [7, 11) is 0. The molecule has 62 valence electrons. The minimum absolute atomic E-state index is 0.104. The van der Waals surface area contributed by atoms with Gasteiger partial charge in [0.1, 0.15) is 0 Å². The van der Waals surface area contributed by atoms with Gasteiger partial charge in [0.25, 0.3) is 0 Å². The van der Waals surface area contributed by atoms with Crippen molar-refractivity contribution in [2.45, 2.75) is 26.0 Å². The van der Waals surface area contributed by atoms with E-state index >= 15 is 0 Å². The lowest BCUT2D eigenvalue weighted by molar-refractivity contribution is -0.0321. The Hall–Kier alpha value is -0.680. The summed E-state index contributed by atoms with van der Waals surface area (Å²) in [6.07, 6.45) is 0.490. The van der Waals surface area contributed by atoms with Gasteiger partial charge in [0.2, 0.25) is 0 Å². The fraction of sp³-hybridized carbons (Fsp3) is 0.667. The highest BCUT2D eigenvalue weighted by Gasteiger charge is 2.36. The SMILES string of the molecule is CC1=NN(C(N)=S)[C@](C)(O)C1. The number of thiocarbonyl (C=S) groups is 1. The second-order valence-corrected chi connectivity index (χ2v) is 3.30. The van der Waals surface area contributed by atoms with Crippen molar-refractivity contribution < 1.29 is 5.11 Å². The highest BCUT2D eigenvalue weighted by Crippen LogP contribution is 2.23. The van der Waals surface area contributed by atoms with Gasteiger partial charge in [-0.3, -0.25) is 0 Å². The monoisotopic (exact) mass is 173 g/mol. The fourth-order valence-electron chi connectivity index (χ4n) is 1.16. The van der Waals surface area contributed by atoms with Gasteiger partial charge in [0.05, 0.1) is 0 Å². The number of hydrazone groups is 1. The van der Waals surface area contributed by atoms with Crippen molar-refractivity contribution in [1.29, 1.82) is 0 Å².